The molecule has 1 N–H and O–H groups in total. The summed E-state index contributed by atoms with van der Waals surface area (Å²) in [5, 5.41) is 3.50. The van der Waals surface area contributed by atoms with Crippen molar-refractivity contribution in [2.75, 3.05) is 5.32 Å². The van der Waals surface area contributed by atoms with Crippen molar-refractivity contribution in [3.8, 4) is 0 Å². The molecule has 0 aromatic heterocycles. The Morgan fingerprint density at radius 1 is 0.909 bits per heavy atom. The van der Waals surface area contributed by atoms with Gasteiger partial charge in [0.25, 0.3) is 0 Å². The van der Waals surface area contributed by atoms with Crippen LogP contribution in [0.1, 0.15) is 79.1 Å². The minimum Gasteiger partial charge on any atom is -0.378 e. The number of anilines is 1. The molecular weight excluding hydrogens is 266 g/mol. The Kier molecular flexibility index (Phi) is 10.0. The van der Waals surface area contributed by atoms with Gasteiger partial charge in [-0.25, -0.2) is 0 Å². The van der Waals surface area contributed by atoms with Crippen LogP contribution in [0, 0.1) is 17.9 Å². The van der Waals surface area contributed by atoms with Crippen LogP contribution >= 0.6 is 0 Å². The third-order valence-corrected chi connectivity index (χ3v) is 4.56. The van der Waals surface area contributed by atoms with E-state index in [4.69, 9.17) is 0 Å². The molecule has 0 amide bonds. The first kappa shape index (κ1) is 19.1. The summed E-state index contributed by atoms with van der Waals surface area (Å²) in [5.41, 5.74) is 1.21. The van der Waals surface area contributed by atoms with E-state index in [1.54, 1.807) is 0 Å². The van der Waals surface area contributed by atoms with Crippen LogP contribution in [0.2, 0.25) is 0 Å². The zero-order valence-electron chi connectivity index (χ0n) is 15.2. The topological polar surface area (TPSA) is 12.0 Å². The van der Waals surface area contributed by atoms with Gasteiger partial charge in [0.15, 0.2) is 0 Å². The molecule has 0 fully saturated rings. The molecule has 0 aliphatic heterocycles. The van der Waals surface area contributed by atoms with Crippen molar-refractivity contribution in [2.45, 2.75) is 79.1 Å². The maximum absolute atomic E-state index is 3.50. The lowest BCUT2D eigenvalue weighted by molar-refractivity contribution is 0.402. The van der Waals surface area contributed by atoms with Crippen molar-refractivity contribution in [3.05, 3.63) is 36.4 Å². The predicted octanol–water partition coefficient (Wildman–Crippen LogP) is 7.06. The lowest BCUT2D eigenvalue weighted by Crippen LogP contribution is -2.06. The van der Waals surface area contributed by atoms with Gasteiger partial charge in [0.1, 0.15) is 0 Å². The fourth-order valence-electron chi connectivity index (χ4n) is 3.14. The fourth-order valence-corrected chi connectivity index (χ4v) is 3.14. The molecule has 1 aromatic rings. The molecule has 0 aliphatic rings. The van der Waals surface area contributed by atoms with Gasteiger partial charge >= 0.3 is 0 Å². The molecule has 0 aliphatic carbocycles. The van der Waals surface area contributed by atoms with Crippen LogP contribution in [0.3, 0.4) is 0 Å². The second kappa shape index (κ2) is 11.6. The van der Waals surface area contributed by atoms with Crippen molar-refractivity contribution >= 4 is 5.69 Å². The first-order valence-electron chi connectivity index (χ1n) is 9.26. The maximum atomic E-state index is 3.50. The maximum Gasteiger partial charge on any atom is 0.0572 e. The Hall–Kier alpha value is -0.980. The quantitative estimate of drug-likeness (QED) is 0.435. The largest absolute Gasteiger partial charge is 0.378 e. The van der Waals surface area contributed by atoms with Crippen molar-refractivity contribution in [1.29, 1.82) is 0 Å². The van der Waals surface area contributed by atoms with Crippen molar-refractivity contribution in [2.24, 2.45) is 11.8 Å². The molecule has 0 bridgehead atoms. The average molecular weight is 303 g/mol. The van der Waals surface area contributed by atoms with Crippen LogP contribution in [0.5, 0.6) is 0 Å². The molecule has 2 unspecified atom stereocenters. The van der Waals surface area contributed by atoms with Gasteiger partial charge in [-0.2, -0.15) is 0 Å². The molecule has 2 atom stereocenters. The van der Waals surface area contributed by atoms with Crippen molar-refractivity contribution in [1.82, 2.24) is 0 Å². The van der Waals surface area contributed by atoms with E-state index in [1.165, 1.54) is 63.1 Å². The molecule has 1 heteroatoms. The zero-order chi connectivity index (χ0) is 16.2. The molecule has 0 saturated carbocycles. The van der Waals surface area contributed by atoms with Crippen LogP contribution in [0.15, 0.2) is 30.3 Å². The van der Waals surface area contributed by atoms with Crippen LogP contribution in [0.25, 0.3) is 0 Å². The van der Waals surface area contributed by atoms with Gasteiger partial charge in [-0.3, -0.25) is 0 Å². The first-order chi connectivity index (χ1) is 10.6. The lowest BCUT2D eigenvalue weighted by atomic mass is 9.93. The SMILES string of the molecule is CCCC(C)CCCC(C)CCC[C](C)Nc1ccccc1. The zero-order valence-corrected chi connectivity index (χ0v) is 15.2. The number of nitrogens with one attached hydrogen (secondary N) is 1. The van der Waals surface area contributed by atoms with Crippen molar-refractivity contribution in [3.63, 3.8) is 0 Å². The summed E-state index contributed by atoms with van der Waals surface area (Å²) < 4.78 is 0. The summed E-state index contributed by atoms with van der Waals surface area (Å²) >= 11 is 0. The normalized spacial score (nSPS) is 14.0. The molecule has 0 heterocycles. The summed E-state index contributed by atoms with van der Waals surface area (Å²) in [7, 11) is 0. The minimum absolute atomic E-state index is 0.873. The Labute approximate surface area is 138 Å². The van der Waals surface area contributed by atoms with E-state index >= 15 is 0 Å². The molecular formula is C21H36N. The smallest absolute Gasteiger partial charge is 0.0572 e. The third kappa shape index (κ3) is 9.12. The van der Waals surface area contributed by atoms with E-state index in [2.05, 4.69) is 63.3 Å². The predicted molar refractivity (Wildman–Crippen MR) is 99.9 cm³/mol. The summed E-state index contributed by atoms with van der Waals surface area (Å²) in [6.07, 6.45) is 10.8. The number of benzene rings is 1. The third-order valence-electron chi connectivity index (χ3n) is 4.56. The van der Waals surface area contributed by atoms with E-state index in [-0.39, 0.29) is 0 Å². The van der Waals surface area contributed by atoms with Crippen LogP contribution in [-0.2, 0) is 0 Å². The molecule has 125 valence electrons. The summed E-state index contributed by atoms with van der Waals surface area (Å²) in [6, 6.07) is 11.9. The highest BCUT2D eigenvalue weighted by Gasteiger charge is 2.07. The molecule has 0 spiro atoms. The fraction of sp³-hybridized carbons (Fsp3) is 0.667. The van der Waals surface area contributed by atoms with Gasteiger partial charge in [0.2, 0.25) is 0 Å². The Bertz CT molecular complexity index is 359. The molecule has 1 aromatic carbocycles. The Balaban J connectivity index is 2.05. The van der Waals surface area contributed by atoms with Crippen LogP contribution in [-0.4, -0.2) is 0 Å². The Morgan fingerprint density at radius 3 is 2.14 bits per heavy atom. The molecule has 1 rings (SSSR count). The highest BCUT2D eigenvalue weighted by molar-refractivity contribution is 5.45. The molecule has 22 heavy (non-hydrogen) atoms. The number of hydrogen-bond donors (Lipinski definition) is 1. The summed E-state index contributed by atoms with van der Waals surface area (Å²) in [5.74, 6) is 1.79. The van der Waals surface area contributed by atoms with Crippen LogP contribution < -0.4 is 5.32 Å². The molecule has 1 radical (unpaired) electrons. The second-order valence-electron chi connectivity index (χ2n) is 7.09. The number of hydrogen-bond acceptors (Lipinski definition) is 1. The first-order valence-corrected chi connectivity index (χ1v) is 9.26. The molecule has 1 nitrogen and oxygen atoms in total. The number of rotatable bonds is 12. The van der Waals surface area contributed by atoms with E-state index < -0.39 is 0 Å². The van der Waals surface area contributed by atoms with Gasteiger partial charge in [0.05, 0.1) is 6.04 Å². The highest BCUT2D eigenvalue weighted by atomic mass is 14.9. The van der Waals surface area contributed by atoms with E-state index in [0.29, 0.717) is 0 Å². The molecule has 0 saturated heterocycles. The Morgan fingerprint density at radius 2 is 1.50 bits per heavy atom. The van der Waals surface area contributed by atoms with Crippen molar-refractivity contribution < 1.29 is 0 Å². The summed E-state index contributed by atoms with van der Waals surface area (Å²) in [6.45, 7) is 9.33. The number of para-hydroxylation sites is 1. The lowest BCUT2D eigenvalue weighted by Gasteiger charge is -2.17. The van der Waals surface area contributed by atoms with Gasteiger partial charge in [0, 0.05) is 5.69 Å². The second-order valence-corrected chi connectivity index (χ2v) is 7.09. The van der Waals surface area contributed by atoms with Gasteiger partial charge in [-0.1, -0.05) is 83.9 Å². The van der Waals surface area contributed by atoms with E-state index in [9.17, 15) is 0 Å². The van der Waals surface area contributed by atoms with Gasteiger partial charge in [-0.15, -0.1) is 0 Å². The van der Waals surface area contributed by atoms with Crippen LogP contribution in [0.4, 0.5) is 5.69 Å². The van der Waals surface area contributed by atoms with E-state index in [1.807, 2.05) is 0 Å². The van der Waals surface area contributed by atoms with Gasteiger partial charge in [-0.05, 0) is 37.3 Å². The van der Waals surface area contributed by atoms with Gasteiger partial charge < -0.3 is 5.32 Å². The average Bonchev–Trinajstić information content (AvgIpc) is 2.48. The highest BCUT2D eigenvalue weighted by Crippen LogP contribution is 2.22. The summed E-state index contributed by atoms with van der Waals surface area (Å²) in [4.78, 5) is 0. The van der Waals surface area contributed by atoms with E-state index in [0.717, 1.165) is 11.8 Å². The monoisotopic (exact) mass is 302 g/mol. The standard InChI is InChI=1S/C21H36N/c1-5-11-18(2)12-9-13-19(3)14-10-15-20(4)22-21-16-7-6-8-17-21/h6-8,16-19,22H,5,9-15H2,1-4H3. The minimum atomic E-state index is 0.873.